The Bertz CT molecular complexity index is 1020. The van der Waals surface area contributed by atoms with Gasteiger partial charge in [0.15, 0.2) is 5.69 Å². The summed E-state index contributed by atoms with van der Waals surface area (Å²) < 4.78 is 15.1. The van der Waals surface area contributed by atoms with Gasteiger partial charge >= 0.3 is 0 Å². The van der Waals surface area contributed by atoms with Crippen LogP contribution in [0.2, 0.25) is 0 Å². The second-order valence-electron chi connectivity index (χ2n) is 8.15. The van der Waals surface area contributed by atoms with Crippen LogP contribution in [0.25, 0.3) is 0 Å². The molecule has 8 heteroatoms. The van der Waals surface area contributed by atoms with Gasteiger partial charge in [0, 0.05) is 23.7 Å². The first-order valence-corrected chi connectivity index (χ1v) is 9.34. The van der Waals surface area contributed by atoms with E-state index in [4.69, 9.17) is 0 Å². The molecule has 0 fully saturated rings. The smallest absolute Gasteiger partial charge is 0.276 e. The van der Waals surface area contributed by atoms with Crippen molar-refractivity contribution in [2.45, 2.75) is 46.1 Å². The van der Waals surface area contributed by atoms with Crippen LogP contribution in [0.5, 0.6) is 0 Å². The lowest BCUT2D eigenvalue weighted by Gasteiger charge is -2.28. The monoisotopic (exact) mass is 382 g/mol. The number of halogens is 1. The summed E-state index contributed by atoms with van der Waals surface area (Å²) in [4.78, 5) is 16.6. The maximum Gasteiger partial charge on any atom is 0.276 e. The first-order valence-electron chi connectivity index (χ1n) is 9.34. The molecule has 0 bridgehead atoms. The Morgan fingerprint density at radius 1 is 1.36 bits per heavy atom. The number of anilines is 1. The Kier molecular flexibility index (Phi) is 4.49. The van der Waals surface area contributed by atoms with Crippen molar-refractivity contribution in [3.63, 3.8) is 0 Å². The number of hydrogen-bond donors (Lipinski definition) is 2. The van der Waals surface area contributed by atoms with Crippen LogP contribution in [0.4, 0.5) is 10.1 Å². The number of nitrogens with one attached hydrogen (secondary N) is 2. The molecule has 4 rings (SSSR count). The molecule has 0 aromatic carbocycles. The van der Waals surface area contributed by atoms with Gasteiger partial charge in [0.1, 0.15) is 5.82 Å². The van der Waals surface area contributed by atoms with Crippen molar-refractivity contribution < 1.29 is 9.18 Å². The number of pyridine rings is 1. The first-order chi connectivity index (χ1) is 13.3. The number of hydrogen-bond acceptors (Lipinski definition) is 4. The number of nitrogens with zero attached hydrogens (tertiary/aromatic N) is 4. The van der Waals surface area contributed by atoms with Gasteiger partial charge in [0.05, 0.1) is 24.1 Å². The van der Waals surface area contributed by atoms with E-state index in [9.17, 15) is 9.18 Å². The van der Waals surface area contributed by atoms with E-state index in [0.717, 1.165) is 36.7 Å². The number of rotatable bonds is 4. The summed E-state index contributed by atoms with van der Waals surface area (Å²) in [5.41, 5.74) is 3.98. The van der Waals surface area contributed by atoms with Crippen LogP contribution >= 0.6 is 0 Å². The summed E-state index contributed by atoms with van der Waals surface area (Å²) in [6, 6.07) is 1.21. The molecule has 1 aliphatic rings. The maximum atomic E-state index is 13.4. The van der Waals surface area contributed by atoms with Crippen molar-refractivity contribution in [1.29, 1.82) is 0 Å². The van der Waals surface area contributed by atoms with Crippen molar-refractivity contribution in [3.8, 4) is 0 Å². The molecule has 3 aromatic rings. The van der Waals surface area contributed by atoms with Gasteiger partial charge in [-0.1, -0.05) is 13.8 Å². The van der Waals surface area contributed by atoms with Crippen LogP contribution < -0.4 is 5.32 Å². The second-order valence-corrected chi connectivity index (χ2v) is 8.15. The quantitative estimate of drug-likeness (QED) is 0.723. The maximum absolute atomic E-state index is 13.4. The fourth-order valence-corrected chi connectivity index (χ4v) is 3.65. The van der Waals surface area contributed by atoms with E-state index in [0.29, 0.717) is 16.9 Å². The van der Waals surface area contributed by atoms with Gasteiger partial charge in [-0.25, -0.2) is 4.39 Å². The summed E-state index contributed by atoms with van der Waals surface area (Å²) in [5, 5.41) is 14.4. The highest BCUT2D eigenvalue weighted by Gasteiger charge is 2.30. The fraction of sp³-hybridized carbons (Fsp3) is 0.400. The van der Waals surface area contributed by atoms with Crippen LogP contribution in [-0.2, 0) is 12.8 Å². The molecular formula is C20H23FN6O. The fourth-order valence-electron chi connectivity index (χ4n) is 3.65. The molecule has 0 radical (unpaired) electrons. The van der Waals surface area contributed by atoms with Crippen LogP contribution in [-0.4, -0.2) is 30.9 Å². The van der Waals surface area contributed by atoms with Crippen molar-refractivity contribution in [3.05, 3.63) is 59.2 Å². The number of carbonyl (C=O) groups is 1. The van der Waals surface area contributed by atoms with Gasteiger partial charge in [-0.15, -0.1) is 0 Å². The Morgan fingerprint density at radius 2 is 2.18 bits per heavy atom. The van der Waals surface area contributed by atoms with Gasteiger partial charge < -0.3 is 5.32 Å². The SMILES string of the molecule is CC(c1cncc(F)c1)n1cc(NC(=O)c2n[nH]c3c2CCC(C)(C)C3)cn1. The van der Waals surface area contributed by atoms with Crippen LogP contribution in [0.15, 0.2) is 30.9 Å². The number of carbonyl (C=O) groups excluding carboxylic acids is 1. The Hall–Kier alpha value is -3.03. The summed E-state index contributed by atoms with van der Waals surface area (Å²) in [6.45, 7) is 6.33. The molecule has 28 heavy (non-hydrogen) atoms. The predicted molar refractivity (Wildman–Crippen MR) is 103 cm³/mol. The minimum atomic E-state index is -0.392. The lowest BCUT2D eigenvalue weighted by molar-refractivity contribution is 0.102. The molecule has 2 N–H and O–H groups in total. The van der Waals surface area contributed by atoms with Crippen LogP contribution in [0, 0.1) is 11.2 Å². The third-order valence-electron chi connectivity index (χ3n) is 5.34. The standard InChI is InChI=1S/C20H23FN6O/c1-12(13-6-14(21)9-22-8-13)27-11-15(10-23-27)24-19(28)18-16-4-5-20(2,3)7-17(16)25-26-18/h6,8-12H,4-5,7H2,1-3H3,(H,24,28)(H,25,26). The zero-order valence-electron chi connectivity index (χ0n) is 16.2. The molecule has 0 saturated heterocycles. The number of aromatic amines is 1. The van der Waals surface area contributed by atoms with Crippen molar-refractivity contribution in [1.82, 2.24) is 25.0 Å². The summed E-state index contributed by atoms with van der Waals surface area (Å²) >= 11 is 0. The lowest BCUT2D eigenvalue weighted by Crippen LogP contribution is -2.23. The highest BCUT2D eigenvalue weighted by Crippen LogP contribution is 2.35. The average Bonchev–Trinajstić information content (AvgIpc) is 3.26. The molecule has 146 valence electrons. The molecule has 1 atom stereocenters. The molecule has 3 aromatic heterocycles. The number of amides is 1. The van der Waals surface area contributed by atoms with E-state index < -0.39 is 5.82 Å². The largest absolute Gasteiger partial charge is 0.318 e. The third kappa shape index (κ3) is 3.54. The number of aromatic nitrogens is 5. The normalized spacial score (nSPS) is 16.4. The Labute approximate surface area is 162 Å². The summed E-state index contributed by atoms with van der Waals surface area (Å²) in [7, 11) is 0. The molecule has 1 amide bonds. The van der Waals surface area contributed by atoms with E-state index in [-0.39, 0.29) is 17.4 Å². The highest BCUT2D eigenvalue weighted by molar-refractivity contribution is 6.03. The minimum Gasteiger partial charge on any atom is -0.318 e. The molecule has 7 nitrogen and oxygen atoms in total. The molecule has 3 heterocycles. The molecule has 0 saturated carbocycles. The van der Waals surface area contributed by atoms with Gasteiger partial charge in [-0.05, 0) is 43.2 Å². The van der Waals surface area contributed by atoms with E-state index >= 15 is 0 Å². The zero-order chi connectivity index (χ0) is 19.9. The van der Waals surface area contributed by atoms with Crippen molar-refractivity contribution >= 4 is 11.6 Å². The number of fused-ring (bicyclic) bond motifs is 1. The van der Waals surface area contributed by atoms with E-state index in [1.54, 1.807) is 23.3 Å². The molecule has 1 unspecified atom stereocenters. The topological polar surface area (TPSA) is 88.5 Å². The zero-order valence-corrected chi connectivity index (χ0v) is 16.2. The van der Waals surface area contributed by atoms with Crippen LogP contribution in [0.3, 0.4) is 0 Å². The van der Waals surface area contributed by atoms with Crippen molar-refractivity contribution in [2.24, 2.45) is 5.41 Å². The molecular weight excluding hydrogens is 359 g/mol. The average molecular weight is 382 g/mol. The minimum absolute atomic E-state index is 0.214. The van der Waals surface area contributed by atoms with Crippen LogP contribution in [0.1, 0.15) is 60.5 Å². The van der Waals surface area contributed by atoms with E-state index in [1.807, 2.05) is 6.92 Å². The highest BCUT2D eigenvalue weighted by atomic mass is 19.1. The van der Waals surface area contributed by atoms with E-state index in [2.05, 4.69) is 39.4 Å². The third-order valence-corrected chi connectivity index (χ3v) is 5.34. The second kappa shape index (κ2) is 6.85. The van der Waals surface area contributed by atoms with Gasteiger partial charge in [0.25, 0.3) is 5.91 Å². The van der Waals surface area contributed by atoms with Crippen molar-refractivity contribution in [2.75, 3.05) is 5.32 Å². The lowest BCUT2D eigenvalue weighted by atomic mass is 9.76. The van der Waals surface area contributed by atoms with Gasteiger partial charge in [-0.3, -0.25) is 19.6 Å². The predicted octanol–water partition coefficient (Wildman–Crippen LogP) is 3.52. The van der Waals surface area contributed by atoms with Gasteiger partial charge in [-0.2, -0.15) is 10.2 Å². The Morgan fingerprint density at radius 3 is 2.96 bits per heavy atom. The Balaban J connectivity index is 1.49. The molecule has 0 spiro atoms. The molecule has 0 aliphatic heterocycles. The first kappa shape index (κ1) is 18.3. The summed E-state index contributed by atoms with van der Waals surface area (Å²) in [6.07, 6.45) is 8.81. The molecule has 1 aliphatic carbocycles. The number of H-pyrrole nitrogens is 1. The van der Waals surface area contributed by atoms with Gasteiger partial charge in [0.2, 0.25) is 0 Å². The summed E-state index contributed by atoms with van der Waals surface area (Å²) in [5.74, 6) is -0.645. The van der Waals surface area contributed by atoms with E-state index in [1.165, 1.54) is 6.07 Å².